The Balaban J connectivity index is 1.93. The van der Waals surface area contributed by atoms with Crippen LogP contribution in [0.3, 0.4) is 0 Å². The van der Waals surface area contributed by atoms with Gasteiger partial charge in [0.1, 0.15) is 22.0 Å². The lowest BCUT2D eigenvalue weighted by Gasteiger charge is -2.13. The van der Waals surface area contributed by atoms with Crippen molar-refractivity contribution >= 4 is 40.2 Å². The average Bonchev–Trinajstić information content (AvgIpc) is 3.37. The first-order valence-electron chi connectivity index (χ1n) is 11.0. The number of hydrogen-bond acceptors (Lipinski definition) is 8. The van der Waals surface area contributed by atoms with Gasteiger partial charge in [0.25, 0.3) is 0 Å². The van der Waals surface area contributed by atoms with Crippen LogP contribution in [0.15, 0.2) is 40.9 Å². The second kappa shape index (κ2) is 10.5. The lowest BCUT2D eigenvalue weighted by Crippen LogP contribution is -2.28. The number of aromatic carboxylic acids is 1. The number of fused-ring (bicyclic) bond motifs is 1. The highest BCUT2D eigenvalue weighted by Crippen LogP contribution is 2.38. The third-order valence-corrected chi connectivity index (χ3v) is 6.18. The molecule has 15 heteroatoms. The van der Waals surface area contributed by atoms with Crippen molar-refractivity contribution in [2.45, 2.75) is 19.6 Å². The van der Waals surface area contributed by atoms with Crippen molar-refractivity contribution in [2.75, 3.05) is 18.5 Å². The second-order valence-corrected chi connectivity index (χ2v) is 8.68. The number of nitrogens with zero attached hydrogens (tertiary/aromatic N) is 4. The molecule has 0 unspecified atom stereocenters. The molecule has 0 atom stereocenters. The Morgan fingerprint density at radius 3 is 2.55 bits per heavy atom. The van der Waals surface area contributed by atoms with E-state index in [-0.39, 0.29) is 51.7 Å². The molecule has 4 rings (SSSR count). The van der Waals surface area contributed by atoms with E-state index in [0.717, 1.165) is 22.9 Å². The zero-order chi connectivity index (χ0) is 27.6. The summed E-state index contributed by atoms with van der Waals surface area (Å²) in [4.78, 5) is 48.6. The largest absolute Gasteiger partial charge is 0.477 e. The number of carbonyl (C=O) groups excluding carboxylic acids is 1. The average molecular weight is 549 g/mol. The van der Waals surface area contributed by atoms with Crippen molar-refractivity contribution in [1.82, 2.24) is 24.8 Å². The SMILES string of the molecule is CCNC(=O)Nc1cc(-c2nc(C(F)(F)F)cs2)c(-c2cnc3c(c2)c(=O)c(C(=O)O)cn3CCO)cn1. The summed E-state index contributed by atoms with van der Waals surface area (Å²) in [5, 5.41) is 24.5. The molecule has 2 amide bonds. The monoisotopic (exact) mass is 548 g/mol. The van der Waals surface area contributed by atoms with E-state index in [9.17, 15) is 37.8 Å². The third kappa shape index (κ3) is 5.33. The third-order valence-electron chi connectivity index (χ3n) is 5.30. The maximum absolute atomic E-state index is 13.3. The van der Waals surface area contributed by atoms with Gasteiger partial charge in [-0.15, -0.1) is 11.3 Å². The molecule has 0 saturated heterocycles. The van der Waals surface area contributed by atoms with Gasteiger partial charge in [-0.1, -0.05) is 0 Å². The Kier molecular flexibility index (Phi) is 7.41. The minimum atomic E-state index is -4.68. The number of anilines is 1. The Morgan fingerprint density at radius 1 is 1.16 bits per heavy atom. The summed E-state index contributed by atoms with van der Waals surface area (Å²) in [5.41, 5.74) is -1.73. The van der Waals surface area contributed by atoms with Crippen LogP contribution >= 0.6 is 11.3 Å². The highest BCUT2D eigenvalue weighted by Gasteiger charge is 2.34. The van der Waals surface area contributed by atoms with Gasteiger partial charge < -0.3 is 20.1 Å². The van der Waals surface area contributed by atoms with Crippen LogP contribution in [0.25, 0.3) is 32.7 Å². The van der Waals surface area contributed by atoms with E-state index in [1.54, 1.807) is 6.92 Å². The quantitative estimate of drug-likeness (QED) is 0.273. The molecule has 38 heavy (non-hydrogen) atoms. The van der Waals surface area contributed by atoms with Gasteiger partial charge in [-0.3, -0.25) is 10.1 Å². The first-order chi connectivity index (χ1) is 18.0. The fourth-order valence-electron chi connectivity index (χ4n) is 3.63. The summed E-state index contributed by atoms with van der Waals surface area (Å²) in [6.45, 7) is 1.65. The maximum atomic E-state index is 13.3. The Labute approximate surface area is 215 Å². The number of hydrogen-bond donors (Lipinski definition) is 4. The Hall–Kier alpha value is -4.37. The highest BCUT2D eigenvalue weighted by atomic mass is 32.1. The fourth-order valence-corrected chi connectivity index (χ4v) is 4.49. The molecule has 0 bridgehead atoms. The number of rotatable bonds is 7. The summed E-state index contributed by atoms with van der Waals surface area (Å²) in [6, 6.07) is 2.11. The molecule has 0 fully saturated rings. The van der Waals surface area contributed by atoms with Crippen LogP contribution in [0.4, 0.5) is 23.8 Å². The van der Waals surface area contributed by atoms with Gasteiger partial charge in [0.05, 0.1) is 12.0 Å². The first kappa shape index (κ1) is 26.7. The number of thiazole rings is 1. The molecule has 0 spiro atoms. The van der Waals surface area contributed by atoms with E-state index in [0.29, 0.717) is 6.54 Å². The second-order valence-electron chi connectivity index (χ2n) is 7.82. The van der Waals surface area contributed by atoms with Crippen molar-refractivity contribution in [3.05, 3.63) is 57.6 Å². The van der Waals surface area contributed by atoms with Gasteiger partial charge in [-0.05, 0) is 19.1 Å². The summed E-state index contributed by atoms with van der Waals surface area (Å²) in [6.07, 6.45) is -0.980. The van der Waals surface area contributed by atoms with E-state index in [1.165, 1.54) is 29.1 Å². The zero-order valence-corrected chi connectivity index (χ0v) is 20.4. The fraction of sp³-hybridized carbons (Fsp3) is 0.217. The molecule has 198 valence electrons. The van der Waals surface area contributed by atoms with Crippen LogP contribution in [0, 0.1) is 0 Å². The molecule has 4 aromatic rings. The number of aliphatic hydroxyl groups is 1. The van der Waals surface area contributed by atoms with Crippen LogP contribution in [0.5, 0.6) is 0 Å². The number of carbonyl (C=O) groups is 2. The lowest BCUT2D eigenvalue weighted by atomic mass is 10.0. The first-order valence-corrected chi connectivity index (χ1v) is 11.9. The lowest BCUT2D eigenvalue weighted by molar-refractivity contribution is -0.140. The van der Waals surface area contributed by atoms with Crippen molar-refractivity contribution in [3.8, 4) is 21.7 Å². The Morgan fingerprint density at radius 2 is 1.92 bits per heavy atom. The number of aliphatic hydroxyl groups excluding tert-OH is 1. The summed E-state index contributed by atoms with van der Waals surface area (Å²) >= 11 is 0.719. The molecular weight excluding hydrogens is 529 g/mol. The van der Waals surface area contributed by atoms with Crippen molar-refractivity contribution in [2.24, 2.45) is 0 Å². The van der Waals surface area contributed by atoms with Crippen LogP contribution in [0.2, 0.25) is 0 Å². The van der Waals surface area contributed by atoms with Crippen molar-refractivity contribution < 1.29 is 33.0 Å². The van der Waals surface area contributed by atoms with Gasteiger partial charge >= 0.3 is 18.2 Å². The highest BCUT2D eigenvalue weighted by molar-refractivity contribution is 7.13. The number of carboxylic acid groups (broad SMARTS) is 1. The number of pyridine rings is 3. The van der Waals surface area contributed by atoms with Crippen LogP contribution < -0.4 is 16.1 Å². The normalized spacial score (nSPS) is 11.5. The molecule has 0 aromatic carbocycles. The standard InChI is InChI=1S/C23H19F3N6O5S/c1-2-27-22(37)31-17-6-12(20-30-16(10-38-20)23(24,25)26)14(8-28-17)11-5-13-18(34)15(21(35)36)9-32(3-4-33)19(13)29-7-11/h5-10,33H,2-4H2,1H3,(H,35,36)(H2,27,28,31,37). The summed E-state index contributed by atoms with van der Waals surface area (Å²) < 4.78 is 41.1. The predicted molar refractivity (Wildman–Crippen MR) is 132 cm³/mol. The molecule has 0 aliphatic rings. The minimum absolute atomic E-state index is 0.0320. The molecule has 0 aliphatic heterocycles. The molecule has 4 N–H and O–H groups in total. The molecule has 0 radical (unpaired) electrons. The topological polar surface area (TPSA) is 159 Å². The molecular formula is C23H19F3N6O5S. The van der Waals surface area contributed by atoms with E-state index in [1.807, 2.05) is 0 Å². The van der Waals surface area contributed by atoms with Crippen LogP contribution in [0.1, 0.15) is 23.0 Å². The minimum Gasteiger partial charge on any atom is -0.477 e. The molecule has 0 aliphatic carbocycles. The number of urea groups is 1. The molecule has 4 aromatic heterocycles. The van der Waals surface area contributed by atoms with Crippen LogP contribution in [-0.2, 0) is 12.7 Å². The van der Waals surface area contributed by atoms with Gasteiger partial charge in [0, 0.05) is 53.8 Å². The number of alkyl halides is 3. The zero-order valence-electron chi connectivity index (χ0n) is 19.5. The smallest absolute Gasteiger partial charge is 0.434 e. The number of carboxylic acids is 1. The van der Waals surface area contributed by atoms with Gasteiger partial charge in [0.2, 0.25) is 5.43 Å². The number of aromatic nitrogens is 4. The van der Waals surface area contributed by atoms with E-state index in [2.05, 4.69) is 25.6 Å². The van der Waals surface area contributed by atoms with Crippen molar-refractivity contribution in [1.29, 1.82) is 0 Å². The molecule has 11 nitrogen and oxygen atoms in total. The Bertz CT molecular complexity index is 1600. The molecule has 4 heterocycles. The maximum Gasteiger partial charge on any atom is 0.434 e. The molecule has 0 saturated carbocycles. The van der Waals surface area contributed by atoms with E-state index >= 15 is 0 Å². The van der Waals surface area contributed by atoms with Gasteiger partial charge in [0.15, 0.2) is 5.69 Å². The van der Waals surface area contributed by atoms with Gasteiger partial charge in [-0.25, -0.2) is 24.5 Å². The summed E-state index contributed by atoms with van der Waals surface area (Å²) in [5.74, 6) is -1.44. The van der Waals surface area contributed by atoms with E-state index in [4.69, 9.17) is 0 Å². The number of amides is 2. The summed E-state index contributed by atoms with van der Waals surface area (Å²) in [7, 11) is 0. The van der Waals surface area contributed by atoms with E-state index < -0.39 is 34.9 Å². The predicted octanol–water partition coefficient (Wildman–Crippen LogP) is 3.43. The number of halogens is 3. The number of nitrogens with one attached hydrogen (secondary N) is 2. The van der Waals surface area contributed by atoms with Gasteiger partial charge in [-0.2, -0.15) is 13.2 Å². The van der Waals surface area contributed by atoms with Crippen LogP contribution in [-0.4, -0.2) is 54.9 Å². The van der Waals surface area contributed by atoms with Crippen molar-refractivity contribution in [3.63, 3.8) is 0 Å².